The Balaban J connectivity index is 1.73. The SMILES string of the molecule is CCN(C1CC2CCC(C1)N2)C(C)c1ccc(Cl)cc1. The first-order valence-corrected chi connectivity index (χ1v) is 8.32. The van der Waals surface area contributed by atoms with Gasteiger partial charge in [-0.1, -0.05) is 30.7 Å². The lowest BCUT2D eigenvalue weighted by atomic mass is 9.95. The molecule has 2 fully saturated rings. The van der Waals surface area contributed by atoms with Gasteiger partial charge in [-0.15, -0.1) is 0 Å². The van der Waals surface area contributed by atoms with E-state index in [0.29, 0.717) is 6.04 Å². The van der Waals surface area contributed by atoms with Crippen LogP contribution in [-0.4, -0.2) is 29.6 Å². The molecule has 2 bridgehead atoms. The Kier molecular flexibility index (Phi) is 4.34. The average molecular weight is 293 g/mol. The van der Waals surface area contributed by atoms with Crippen LogP contribution >= 0.6 is 11.6 Å². The predicted molar refractivity (Wildman–Crippen MR) is 85.2 cm³/mol. The second-order valence-corrected chi connectivity index (χ2v) is 6.76. The van der Waals surface area contributed by atoms with Gasteiger partial charge in [0.25, 0.3) is 0 Å². The summed E-state index contributed by atoms with van der Waals surface area (Å²) >= 11 is 6.00. The third-order valence-electron chi connectivity index (χ3n) is 5.13. The lowest BCUT2D eigenvalue weighted by Crippen LogP contribution is -2.48. The van der Waals surface area contributed by atoms with E-state index in [9.17, 15) is 0 Å². The van der Waals surface area contributed by atoms with E-state index in [2.05, 4.69) is 36.2 Å². The van der Waals surface area contributed by atoms with Crippen LogP contribution in [0.5, 0.6) is 0 Å². The van der Waals surface area contributed by atoms with Crippen molar-refractivity contribution in [2.75, 3.05) is 6.54 Å². The van der Waals surface area contributed by atoms with Crippen molar-refractivity contribution >= 4 is 11.6 Å². The molecular formula is C17H25ClN2. The Bertz CT molecular complexity index is 433. The number of nitrogens with zero attached hydrogens (tertiary/aromatic N) is 1. The second-order valence-electron chi connectivity index (χ2n) is 6.32. The number of halogens is 1. The molecule has 2 aliphatic rings. The highest BCUT2D eigenvalue weighted by atomic mass is 35.5. The monoisotopic (exact) mass is 292 g/mol. The topological polar surface area (TPSA) is 15.3 Å². The van der Waals surface area contributed by atoms with E-state index in [1.54, 1.807) is 0 Å². The zero-order valence-corrected chi connectivity index (χ0v) is 13.2. The maximum absolute atomic E-state index is 6.00. The Morgan fingerprint density at radius 3 is 2.35 bits per heavy atom. The fourth-order valence-corrected chi connectivity index (χ4v) is 4.21. The molecule has 2 saturated heterocycles. The van der Waals surface area contributed by atoms with Crippen LogP contribution < -0.4 is 5.32 Å². The largest absolute Gasteiger partial charge is 0.311 e. The number of nitrogens with one attached hydrogen (secondary N) is 1. The number of rotatable bonds is 4. The number of piperidine rings is 1. The Labute approximate surface area is 127 Å². The number of hydrogen-bond donors (Lipinski definition) is 1. The van der Waals surface area contributed by atoms with Gasteiger partial charge in [0.1, 0.15) is 0 Å². The molecule has 0 amide bonds. The molecule has 3 rings (SSSR count). The van der Waals surface area contributed by atoms with Crippen molar-refractivity contribution in [1.29, 1.82) is 0 Å². The van der Waals surface area contributed by atoms with Gasteiger partial charge in [0, 0.05) is 29.2 Å². The molecule has 20 heavy (non-hydrogen) atoms. The number of fused-ring (bicyclic) bond motifs is 2. The molecule has 2 nitrogen and oxygen atoms in total. The van der Waals surface area contributed by atoms with Crippen molar-refractivity contribution in [2.45, 2.75) is 63.7 Å². The lowest BCUT2D eigenvalue weighted by molar-refractivity contribution is 0.108. The summed E-state index contributed by atoms with van der Waals surface area (Å²) in [6, 6.07) is 11.1. The maximum atomic E-state index is 6.00. The minimum atomic E-state index is 0.472. The summed E-state index contributed by atoms with van der Waals surface area (Å²) in [6.07, 6.45) is 5.35. The molecule has 1 aromatic rings. The van der Waals surface area contributed by atoms with Crippen molar-refractivity contribution < 1.29 is 0 Å². The fraction of sp³-hybridized carbons (Fsp3) is 0.647. The molecule has 2 heterocycles. The van der Waals surface area contributed by atoms with E-state index in [1.807, 2.05) is 12.1 Å². The van der Waals surface area contributed by atoms with Crippen LogP contribution in [-0.2, 0) is 0 Å². The van der Waals surface area contributed by atoms with Crippen LogP contribution in [0.2, 0.25) is 5.02 Å². The fourth-order valence-electron chi connectivity index (χ4n) is 4.08. The standard InChI is InChI=1S/C17H25ClN2/c1-3-20(12(2)13-4-6-14(18)7-5-13)17-10-15-8-9-16(11-17)19-15/h4-7,12,15-17,19H,3,8-11H2,1-2H3. The van der Waals surface area contributed by atoms with Gasteiger partial charge in [-0.25, -0.2) is 0 Å². The van der Waals surface area contributed by atoms with Gasteiger partial charge in [-0.05, 0) is 56.8 Å². The van der Waals surface area contributed by atoms with Crippen molar-refractivity contribution in [3.63, 3.8) is 0 Å². The lowest BCUT2D eigenvalue weighted by Gasteiger charge is -2.40. The van der Waals surface area contributed by atoms with E-state index < -0.39 is 0 Å². The Morgan fingerprint density at radius 2 is 1.80 bits per heavy atom. The summed E-state index contributed by atoms with van der Waals surface area (Å²) in [4.78, 5) is 2.68. The van der Waals surface area contributed by atoms with Crippen molar-refractivity contribution in [3.05, 3.63) is 34.9 Å². The molecule has 110 valence electrons. The molecule has 2 aliphatic heterocycles. The van der Waals surface area contributed by atoms with Gasteiger partial charge in [0.15, 0.2) is 0 Å². The maximum Gasteiger partial charge on any atom is 0.0406 e. The highest BCUT2D eigenvalue weighted by Crippen LogP contribution is 2.33. The van der Waals surface area contributed by atoms with Crippen molar-refractivity contribution in [2.24, 2.45) is 0 Å². The van der Waals surface area contributed by atoms with E-state index in [1.165, 1.54) is 31.2 Å². The van der Waals surface area contributed by atoms with E-state index >= 15 is 0 Å². The molecule has 0 radical (unpaired) electrons. The molecule has 0 saturated carbocycles. The van der Waals surface area contributed by atoms with Gasteiger partial charge in [-0.2, -0.15) is 0 Å². The zero-order valence-electron chi connectivity index (χ0n) is 12.5. The van der Waals surface area contributed by atoms with E-state index in [0.717, 1.165) is 29.7 Å². The van der Waals surface area contributed by atoms with Crippen LogP contribution in [0.3, 0.4) is 0 Å². The Hall–Kier alpha value is -0.570. The van der Waals surface area contributed by atoms with Gasteiger partial charge in [0.05, 0.1) is 0 Å². The van der Waals surface area contributed by atoms with Gasteiger partial charge in [0.2, 0.25) is 0 Å². The summed E-state index contributed by atoms with van der Waals surface area (Å²) in [7, 11) is 0. The first-order valence-electron chi connectivity index (χ1n) is 7.94. The normalized spacial score (nSPS) is 30.7. The van der Waals surface area contributed by atoms with Crippen LogP contribution in [0.25, 0.3) is 0 Å². The summed E-state index contributed by atoms with van der Waals surface area (Å²) in [5.74, 6) is 0. The molecule has 0 aliphatic carbocycles. The molecule has 3 heteroatoms. The molecular weight excluding hydrogens is 268 g/mol. The summed E-state index contributed by atoms with van der Waals surface area (Å²) in [6.45, 7) is 5.74. The minimum Gasteiger partial charge on any atom is -0.311 e. The first kappa shape index (κ1) is 14.4. The van der Waals surface area contributed by atoms with E-state index in [-0.39, 0.29) is 0 Å². The van der Waals surface area contributed by atoms with Crippen molar-refractivity contribution in [3.8, 4) is 0 Å². The Morgan fingerprint density at radius 1 is 1.20 bits per heavy atom. The second kappa shape index (κ2) is 6.05. The zero-order chi connectivity index (χ0) is 14.1. The smallest absolute Gasteiger partial charge is 0.0406 e. The molecule has 1 N–H and O–H groups in total. The van der Waals surface area contributed by atoms with Crippen LogP contribution in [0.15, 0.2) is 24.3 Å². The van der Waals surface area contributed by atoms with Gasteiger partial charge in [-0.3, -0.25) is 4.90 Å². The van der Waals surface area contributed by atoms with Crippen molar-refractivity contribution in [1.82, 2.24) is 10.2 Å². The number of hydrogen-bond acceptors (Lipinski definition) is 2. The summed E-state index contributed by atoms with van der Waals surface area (Å²) < 4.78 is 0. The molecule has 3 unspecified atom stereocenters. The molecule has 0 spiro atoms. The molecule has 0 aromatic heterocycles. The molecule has 1 aromatic carbocycles. The summed E-state index contributed by atoms with van der Waals surface area (Å²) in [5, 5.41) is 4.56. The predicted octanol–water partition coefficient (Wildman–Crippen LogP) is 4.01. The minimum absolute atomic E-state index is 0.472. The highest BCUT2D eigenvalue weighted by Gasteiger charge is 2.36. The van der Waals surface area contributed by atoms with E-state index in [4.69, 9.17) is 11.6 Å². The third kappa shape index (κ3) is 2.88. The summed E-state index contributed by atoms with van der Waals surface area (Å²) in [5.41, 5.74) is 1.38. The van der Waals surface area contributed by atoms with Crippen LogP contribution in [0.4, 0.5) is 0 Å². The van der Waals surface area contributed by atoms with Crippen LogP contribution in [0, 0.1) is 0 Å². The average Bonchev–Trinajstić information content (AvgIpc) is 2.79. The van der Waals surface area contributed by atoms with Gasteiger partial charge >= 0.3 is 0 Å². The first-order chi connectivity index (χ1) is 9.67. The molecule has 3 atom stereocenters. The quantitative estimate of drug-likeness (QED) is 0.902. The van der Waals surface area contributed by atoms with Gasteiger partial charge < -0.3 is 5.32 Å². The third-order valence-corrected chi connectivity index (χ3v) is 5.38. The highest BCUT2D eigenvalue weighted by molar-refractivity contribution is 6.30. The van der Waals surface area contributed by atoms with Crippen LogP contribution in [0.1, 0.15) is 51.1 Å². The number of benzene rings is 1.